The summed E-state index contributed by atoms with van der Waals surface area (Å²) in [5.41, 5.74) is 1.27. The van der Waals surface area contributed by atoms with Gasteiger partial charge >= 0.3 is 12.2 Å². The average molecular weight is 596 g/mol. The van der Waals surface area contributed by atoms with Gasteiger partial charge in [0.05, 0.1) is 19.8 Å². The molecule has 0 fully saturated rings. The van der Waals surface area contributed by atoms with E-state index in [1.165, 1.54) is 0 Å². The first-order chi connectivity index (χ1) is 20.1. The van der Waals surface area contributed by atoms with Crippen LogP contribution in [0.4, 0.5) is 9.59 Å². The van der Waals surface area contributed by atoms with E-state index < -0.39 is 23.8 Å². The van der Waals surface area contributed by atoms with E-state index in [-0.39, 0.29) is 18.6 Å². The average Bonchev–Trinajstić information content (AvgIpc) is 3.50. The topological polar surface area (TPSA) is 115 Å². The van der Waals surface area contributed by atoms with Crippen molar-refractivity contribution in [2.75, 3.05) is 13.7 Å². The zero-order valence-electron chi connectivity index (χ0n) is 24.7. The van der Waals surface area contributed by atoms with Crippen molar-refractivity contribution < 1.29 is 28.6 Å². The zero-order chi connectivity index (χ0) is 30.4. The Morgan fingerprint density at radius 2 is 1.64 bits per heavy atom. The molecular weight excluding hydrogens is 554 g/mol. The minimum Gasteiger partial charge on any atom is -0.497 e. The Morgan fingerprint density at radius 1 is 0.881 bits per heavy atom. The molecule has 3 rings (SSSR count). The van der Waals surface area contributed by atoms with Gasteiger partial charge in [-0.3, -0.25) is 4.79 Å². The molecule has 9 nitrogen and oxygen atoms in total. The van der Waals surface area contributed by atoms with Crippen LogP contribution in [0.5, 0.6) is 5.75 Å². The van der Waals surface area contributed by atoms with Gasteiger partial charge in [0.2, 0.25) is 5.91 Å². The lowest BCUT2D eigenvalue weighted by Crippen LogP contribution is -2.49. The van der Waals surface area contributed by atoms with Crippen molar-refractivity contribution >= 4 is 29.4 Å². The first-order valence-electron chi connectivity index (χ1n) is 14.0. The van der Waals surface area contributed by atoms with Crippen molar-refractivity contribution in [3.63, 3.8) is 0 Å². The van der Waals surface area contributed by atoms with E-state index in [9.17, 15) is 14.4 Å². The minimum absolute atomic E-state index is 0.190. The number of alkyl carbamates (subject to hydrolysis) is 2. The number of thiophene rings is 1. The van der Waals surface area contributed by atoms with Gasteiger partial charge in [-0.25, -0.2) is 9.59 Å². The summed E-state index contributed by atoms with van der Waals surface area (Å²) in [6.07, 6.45) is 0.789. The number of rotatable bonds is 14. The molecule has 3 N–H and O–H groups in total. The molecule has 0 spiro atoms. The highest BCUT2D eigenvalue weighted by Crippen LogP contribution is 2.25. The Balaban J connectivity index is 1.58. The predicted molar refractivity (Wildman–Crippen MR) is 164 cm³/mol. The summed E-state index contributed by atoms with van der Waals surface area (Å²) in [5, 5.41) is 10.6. The van der Waals surface area contributed by atoms with Gasteiger partial charge in [0, 0.05) is 11.4 Å². The second kappa shape index (κ2) is 16.4. The number of methoxy groups -OCH3 is 1. The molecule has 0 aliphatic carbocycles. The summed E-state index contributed by atoms with van der Waals surface area (Å²) in [5.74, 6) is 0.424. The maximum atomic E-state index is 13.6. The molecule has 3 aromatic rings. The van der Waals surface area contributed by atoms with Gasteiger partial charge in [-0.05, 0) is 81.2 Å². The fourth-order valence-corrected chi connectivity index (χ4v) is 4.95. The standard InChI is InChI=1S/C32H41N3O6S/c1-32(2,3)41-31(38)35-26(16-8-9-18-40-30(37)33-22-23-12-6-5-7-13-23)29(36)34-27(28-17-11-19-42-28)21-24-14-10-15-25(20-24)39-4/h5-7,10-15,17,19-20,26-27H,8-9,16,18,21-22H2,1-4H3,(H,33,37)(H,34,36)(H,35,38)/t26-,27-/m1/s1. The molecule has 0 bridgehead atoms. The smallest absolute Gasteiger partial charge is 0.408 e. The van der Waals surface area contributed by atoms with Crippen LogP contribution >= 0.6 is 11.3 Å². The summed E-state index contributed by atoms with van der Waals surface area (Å²) in [7, 11) is 1.62. The third kappa shape index (κ3) is 11.8. The predicted octanol–water partition coefficient (Wildman–Crippen LogP) is 6.15. The Kier molecular flexibility index (Phi) is 12.7. The Morgan fingerprint density at radius 3 is 2.33 bits per heavy atom. The summed E-state index contributed by atoms with van der Waals surface area (Å²) >= 11 is 1.55. The summed E-state index contributed by atoms with van der Waals surface area (Å²) in [6, 6.07) is 20.1. The second-order valence-corrected chi connectivity index (χ2v) is 11.8. The molecule has 0 radical (unpaired) electrons. The quantitative estimate of drug-likeness (QED) is 0.193. The Bertz CT molecular complexity index is 1260. The molecule has 0 aliphatic rings. The van der Waals surface area contributed by atoms with Gasteiger partial charge in [-0.1, -0.05) is 48.5 Å². The third-order valence-corrected chi connectivity index (χ3v) is 7.17. The highest BCUT2D eigenvalue weighted by molar-refractivity contribution is 7.10. The molecule has 10 heteroatoms. The summed E-state index contributed by atoms with van der Waals surface area (Å²) < 4.78 is 16.1. The van der Waals surface area contributed by atoms with Crippen LogP contribution in [0.25, 0.3) is 0 Å². The zero-order valence-corrected chi connectivity index (χ0v) is 25.5. The molecule has 226 valence electrons. The van der Waals surface area contributed by atoms with E-state index in [1.807, 2.05) is 72.1 Å². The number of unbranched alkanes of at least 4 members (excludes halogenated alkanes) is 1. The number of benzene rings is 2. The fraction of sp³-hybridized carbons (Fsp3) is 0.406. The molecule has 0 unspecified atom stereocenters. The first-order valence-corrected chi connectivity index (χ1v) is 14.9. The molecule has 0 saturated carbocycles. The van der Waals surface area contributed by atoms with Crippen LogP contribution in [0.15, 0.2) is 72.1 Å². The fourth-order valence-electron chi connectivity index (χ4n) is 4.17. The molecule has 3 amide bonds. The maximum Gasteiger partial charge on any atom is 0.408 e. The van der Waals surface area contributed by atoms with Gasteiger partial charge in [-0.2, -0.15) is 0 Å². The van der Waals surface area contributed by atoms with E-state index in [0.717, 1.165) is 21.8 Å². The van der Waals surface area contributed by atoms with Crippen molar-refractivity contribution in [3.05, 3.63) is 88.1 Å². The van der Waals surface area contributed by atoms with Crippen molar-refractivity contribution in [2.24, 2.45) is 0 Å². The van der Waals surface area contributed by atoms with Crippen molar-refractivity contribution in [1.82, 2.24) is 16.0 Å². The van der Waals surface area contributed by atoms with Crippen molar-refractivity contribution in [2.45, 2.75) is 70.7 Å². The molecular formula is C32H41N3O6S. The molecule has 2 atom stereocenters. The summed E-state index contributed by atoms with van der Waals surface area (Å²) in [4.78, 5) is 39.2. The van der Waals surface area contributed by atoms with Gasteiger partial charge in [0.1, 0.15) is 17.4 Å². The van der Waals surface area contributed by atoms with Crippen LogP contribution in [-0.4, -0.2) is 43.5 Å². The van der Waals surface area contributed by atoms with Crippen LogP contribution in [0, 0.1) is 0 Å². The minimum atomic E-state index is -0.834. The lowest BCUT2D eigenvalue weighted by atomic mass is 10.0. The van der Waals surface area contributed by atoms with Crippen molar-refractivity contribution in [1.29, 1.82) is 0 Å². The highest BCUT2D eigenvalue weighted by Gasteiger charge is 2.27. The van der Waals surface area contributed by atoms with Crippen molar-refractivity contribution in [3.8, 4) is 5.75 Å². The van der Waals surface area contributed by atoms with Gasteiger partial charge in [-0.15, -0.1) is 11.3 Å². The largest absolute Gasteiger partial charge is 0.497 e. The number of amides is 3. The SMILES string of the molecule is COc1cccc(C[C@@H](NC(=O)[C@@H](CCCCOC(=O)NCc2ccccc2)NC(=O)OC(C)(C)C)c2cccs2)c1. The number of hydrogen-bond acceptors (Lipinski definition) is 7. The van der Waals surface area contributed by atoms with E-state index >= 15 is 0 Å². The molecule has 0 saturated heterocycles. The number of nitrogens with one attached hydrogen (secondary N) is 3. The highest BCUT2D eigenvalue weighted by atomic mass is 32.1. The number of ether oxygens (including phenoxy) is 3. The maximum absolute atomic E-state index is 13.6. The first kappa shape index (κ1) is 32.5. The molecule has 2 aromatic carbocycles. The molecule has 42 heavy (non-hydrogen) atoms. The summed E-state index contributed by atoms with van der Waals surface area (Å²) in [6.45, 7) is 5.87. The van der Waals surface area contributed by atoms with E-state index in [4.69, 9.17) is 14.2 Å². The monoisotopic (exact) mass is 595 g/mol. The lowest BCUT2D eigenvalue weighted by Gasteiger charge is -2.25. The van der Waals surface area contributed by atoms with Crippen LogP contribution in [0.1, 0.15) is 62.1 Å². The molecule has 1 aromatic heterocycles. The molecule has 0 aliphatic heterocycles. The number of carbonyl (C=O) groups is 3. The van der Waals surface area contributed by atoms with Crippen LogP contribution in [0.2, 0.25) is 0 Å². The van der Waals surface area contributed by atoms with Crippen LogP contribution < -0.4 is 20.7 Å². The van der Waals surface area contributed by atoms with E-state index in [1.54, 1.807) is 39.2 Å². The van der Waals surface area contributed by atoms with E-state index in [0.29, 0.717) is 32.2 Å². The molecule has 1 heterocycles. The third-order valence-electron chi connectivity index (χ3n) is 6.18. The van der Waals surface area contributed by atoms with Crippen LogP contribution in [0.3, 0.4) is 0 Å². The van der Waals surface area contributed by atoms with Gasteiger partial charge in [0.25, 0.3) is 0 Å². The second-order valence-electron chi connectivity index (χ2n) is 10.8. The Hall–Kier alpha value is -4.05. The van der Waals surface area contributed by atoms with Gasteiger partial charge in [0.15, 0.2) is 0 Å². The van der Waals surface area contributed by atoms with E-state index in [2.05, 4.69) is 16.0 Å². The van der Waals surface area contributed by atoms with Crippen LogP contribution in [-0.2, 0) is 27.2 Å². The number of carbonyl (C=O) groups excluding carboxylic acids is 3. The Labute approximate surface area is 251 Å². The van der Waals surface area contributed by atoms with Gasteiger partial charge < -0.3 is 30.2 Å². The lowest BCUT2D eigenvalue weighted by molar-refractivity contribution is -0.124. The number of hydrogen-bond donors (Lipinski definition) is 3. The normalized spacial score (nSPS) is 12.5.